The first-order valence-corrected chi connectivity index (χ1v) is 16.9. The third-order valence-electron chi connectivity index (χ3n) is 7.86. The summed E-state index contributed by atoms with van der Waals surface area (Å²) in [6.45, 7) is 5.84. The van der Waals surface area contributed by atoms with Crippen molar-refractivity contribution in [3.8, 4) is 17.6 Å². The van der Waals surface area contributed by atoms with Gasteiger partial charge in [0.05, 0.1) is 41.0 Å². The zero-order valence-electron chi connectivity index (χ0n) is 23.2. The molecule has 2 aliphatic rings. The molecule has 2 N–H and O–H groups in total. The van der Waals surface area contributed by atoms with E-state index >= 15 is 0 Å². The molecular formula is C30H35F3N3O2PS. The largest absolute Gasteiger partial charge is 0.495 e. The Morgan fingerprint density at radius 3 is 2.50 bits per heavy atom. The highest BCUT2D eigenvalue weighted by Crippen LogP contribution is 2.42. The number of halogens is 3. The molecule has 1 saturated heterocycles. The molecule has 2 heterocycles. The van der Waals surface area contributed by atoms with Gasteiger partial charge in [0.15, 0.2) is 0 Å². The van der Waals surface area contributed by atoms with Gasteiger partial charge in [0.2, 0.25) is 0 Å². The molecule has 2 fully saturated rings. The summed E-state index contributed by atoms with van der Waals surface area (Å²) in [5.74, 6) is 7.93. The standard InChI is InChI=1S/C30H35F3N3O2PS/c1-36-17-19-13-21(14-20(19)18-36)35-26-8-5-7-23-24(16-30(31,32)33)28(40-29(23)26)9-6-12-34-25-11-10-22(39(3,4)37)15-27(25)38-2/h5,7-8,10-11,15,19-21,34-35H,12-14,16-18H2,1-4H3. The zero-order chi connectivity index (χ0) is 28.7. The van der Waals surface area contributed by atoms with Crippen molar-refractivity contribution in [3.63, 3.8) is 0 Å². The van der Waals surface area contributed by atoms with Gasteiger partial charge in [-0.25, -0.2) is 0 Å². The predicted octanol–water partition coefficient (Wildman–Crippen LogP) is 6.48. The molecule has 1 saturated carbocycles. The molecule has 2 aromatic carbocycles. The number of nitrogens with one attached hydrogen (secondary N) is 2. The molecule has 1 aliphatic heterocycles. The average Bonchev–Trinajstić information content (AvgIpc) is 3.51. The number of alkyl halides is 3. The number of nitrogens with zero attached hydrogens (tertiary/aromatic N) is 1. The van der Waals surface area contributed by atoms with Crippen LogP contribution in [-0.4, -0.2) is 64.2 Å². The van der Waals surface area contributed by atoms with Crippen molar-refractivity contribution in [1.82, 2.24) is 4.90 Å². The summed E-state index contributed by atoms with van der Waals surface area (Å²) < 4.78 is 59.5. The Bertz CT molecular complexity index is 1490. The third-order valence-corrected chi connectivity index (χ3v) is 10.6. The van der Waals surface area contributed by atoms with Crippen molar-refractivity contribution >= 4 is 45.2 Å². The Balaban J connectivity index is 1.37. The van der Waals surface area contributed by atoms with Gasteiger partial charge in [0.1, 0.15) is 12.9 Å². The number of thiophene rings is 1. The van der Waals surface area contributed by atoms with Gasteiger partial charge in [0, 0.05) is 24.4 Å². The summed E-state index contributed by atoms with van der Waals surface area (Å²) in [7, 11) is 1.26. The van der Waals surface area contributed by atoms with E-state index in [-0.39, 0.29) is 12.1 Å². The van der Waals surface area contributed by atoms with Gasteiger partial charge in [-0.15, -0.1) is 11.3 Å². The van der Waals surface area contributed by atoms with Gasteiger partial charge in [-0.05, 0) is 80.3 Å². The van der Waals surface area contributed by atoms with E-state index in [1.165, 1.54) is 18.4 Å². The number of methoxy groups -OCH3 is 1. The molecule has 1 aromatic heterocycles. The summed E-state index contributed by atoms with van der Waals surface area (Å²) in [5.41, 5.74) is 1.81. The van der Waals surface area contributed by atoms with Gasteiger partial charge in [-0.1, -0.05) is 24.0 Å². The van der Waals surface area contributed by atoms with E-state index in [0.717, 1.165) is 36.3 Å². The van der Waals surface area contributed by atoms with E-state index in [1.807, 2.05) is 12.1 Å². The van der Waals surface area contributed by atoms with Crippen LogP contribution in [0.2, 0.25) is 0 Å². The maximum atomic E-state index is 13.6. The molecule has 0 spiro atoms. The van der Waals surface area contributed by atoms with Gasteiger partial charge >= 0.3 is 6.18 Å². The fourth-order valence-electron chi connectivity index (χ4n) is 6.06. The Morgan fingerprint density at radius 2 is 1.85 bits per heavy atom. The highest BCUT2D eigenvalue weighted by molar-refractivity contribution is 7.70. The van der Waals surface area contributed by atoms with Crippen molar-refractivity contribution < 1.29 is 22.5 Å². The molecule has 214 valence electrons. The fourth-order valence-corrected chi connectivity index (χ4v) is 8.09. The van der Waals surface area contributed by atoms with Crippen LogP contribution in [0.4, 0.5) is 24.5 Å². The van der Waals surface area contributed by atoms with Gasteiger partial charge < -0.3 is 24.8 Å². The molecule has 0 radical (unpaired) electrons. The number of ether oxygens (including phenoxy) is 1. The first kappa shape index (κ1) is 28.9. The minimum atomic E-state index is -4.34. The van der Waals surface area contributed by atoms with Crippen LogP contribution < -0.4 is 20.7 Å². The fraction of sp³-hybridized carbons (Fsp3) is 0.467. The van der Waals surface area contributed by atoms with Crippen molar-refractivity contribution in [3.05, 3.63) is 46.8 Å². The molecule has 2 atom stereocenters. The van der Waals surface area contributed by atoms with Gasteiger partial charge in [-0.3, -0.25) is 0 Å². The molecule has 5 nitrogen and oxygen atoms in total. The van der Waals surface area contributed by atoms with Gasteiger partial charge in [-0.2, -0.15) is 13.2 Å². The van der Waals surface area contributed by atoms with Crippen LogP contribution in [0.3, 0.4) is 0 Å². The minimum absolute atomic E-state index is 0.218. The average molecular weight is 590 g/mol. The lowest BCUT2D eigenvalue weighted by molar-refractivity contribution is -0.126. The van der Waals surface area contributed by atoms with E-state index in [2.05, 4.69) is 34.4 Å². The normalized spacial score (nSPS) is 21.2. The lowest BCUT2D eigenvalue weighted by atomic mass is 10.0. The molecule has 2 unspecified atom stereocenters. The highest BCUT2D eigenvalue weighted by Gasteiger charge is 2.39. The summed E-state index contributed by atoms with van der Waals surface area (Å²) in [6, 6.07) is 11.2. The minimum Gasteiger partial charge on any atom is -0.495 e. The van der Waals surface area contributed by atoms with Crippen molar-refractivity contribution in [2.75, 3.05) is 57.8 Å². The van der Waals surface area contributed by atoms with Gasteiger partial charge in [0.25, 0.3) is 0 Å². The lowest BCUT2D eigenvalue weighted by Gasteiger charge is -2.18. The number of hydrogen-bond donors (Lipinski definition) is 2. The summed E-state index contributed by atoms with van der Waals surface area (Å²) >= 11 is 1.33. The predicted molar refractivity (Wildman–Crippen MR) is 160 cm³/mol. The first-order valence-electron chi connectivity index (χ1n) is 13.4. The Kier molecular flexibility index (Phi) is 8.16. The molecule has 10 heteroatoms. The van der Waals surface area contributed by atoms with Crippen molar-refractivity contribution in [2.24, 2.45) is 11.8 Å². The Labute approximate surface area is 237 Å². The second kappa shape index (κ2) is 11.3. The monoisotopic (exact) mass is 589 g/mol. The van der Waals surface area contributed by atoms with Crippen LogP contribution in [0.1, 0.15) is 23.3 Å². The lowest BCUT2D eigenvalue weighted by Crippen LogP contribution is -2.22. The number of rotatable bonds is 7. The summed E-state index contributed by atoms with van der Waals surface area (Å²) in [4.78, 5) is 2.82. The van der Waals surface area contributed by atoms with E-state index < -0.39 is 19.7 Å². The Morgan fingerprint density at radius 1 is 1.12 bits per heavy atom. The van der Waals surface area contributed by atoms with Crippen LogP contribution >= 0.6 is 18.5 Å². The summed E-state index contributed by atoms with van der Waals surface area (Å²) in [6.07, 6.45) is -3.18. The van der Waals surface area contributed by atoms with Crippen LogP contribution in [0.15, 0.2) is 36.4 Å². The maximum Gasteiger partial charge on any atom is 0.393 e. The first-order chi connectivity index (χ1) is 18.9. The summed E-state index contributed by atoms with van der Waals surface area (Å²) in [5, 5.41) is 8.16. The number of likely N-dealkylation sites (tertiary alicyclic amines) is 1. The molecule has 0 amide bonds. The topological polar surface area (TPSA) is 53.6 Å². The van der Waals surface area contributed by atoms with Crippen LogP contribution in [0.25, 0.3) is 10.1 Å². The molecule has 5 rings (SSSR count). The van der Waals surface area contributed by atoms with E-state index in [4.69, 9.17) is 4.74 Å². The van der Waals surface area contributed by atoms with Crippen LogP contribution in [0, 0.1) is 23.7 Å². The van der Waals surface area contributed by atoms with E-state index in [9.17, 15) is 17.7 Å². The molecule has 3 aromatic rings. The third kappa shape index (κ3) is 6.46. The smallest absolute Gasteiger partial charge is 0.393 e. The Hall–Kier alpha value is -2.66. The van der Waals surface area contributed by atoms with Crippen molar-refractivity contribution in [2.45, 2.75) is 31.5 Å². The zero-order valence-corrected chi connectivity index (χ0v) is 24.9. The number of anilines is 2. The molecule has 1 aliphatic carbocycles. The quantitative estimate of drug-likeness (QED) is 0.244. The highest BCUT2D eigenvalue weighted by atomic mass is 32.1. The van der Waals surface area contributed by atoms with E-state index in [0.29, 0.717) is 44.9 Å². The molecule has 40 heavy (non-hydrogen) atoms. The van der Waals surface area contributed by atoms with Crippen molar-refractivity contribution in [1.29, 1.82) is 0 Å². The van der Waals surface area contributed by atoms with Crippen LogP contribution in [-0.2, 0) is 11.0 Å². The SMILES string of the molecule is COc1cc(P(C)(C)=O)ccc1NCC#Cc1sc2c(NC3CC4CN(C)CC4C3)cccc2c1CC(F)(F)F. The second-order valence-electron chi connectivity index (χ2n) is 11.3. The molecular weight excluding hydrogens is 554 g/mol. The molecule has 0 bridgehead atoms. The maximum absolute atomic E-state index is 13.6. The van der Waals surface area contributed by atoms with E-state index in [1.54, 1.807) is 37.6 Å². The number of fused-ring (bicyclic) bond motifs is 2. The second-order valence-corrected chi connectivity index (χ2v) is 15.6. The number of benzene rings is 2. The van der Waals surface area contributed by atoms with Crippen LogP contribution in [0.5, 0.6) is 5.75 Å². The number of hydrogen-bond acceptors (Lipinski definition) is 6.